The van der Waals surface area contributed by atoms with Crippen molar-refractivity contribution >= 4 is 24.8 Å². The highest BCUT2D eigenvalue weighted by Gasteiger charge is 2.29. The lowest BCUT2D eigenvalue weighted by Crippen LogP contribution is -2.47. The first kappa shape index (κ1) is 17.7. The Morgan fingerprint density at radius 1 is 1.39 bits per heavy atom. The van der Waals surface area contributed by atoms with E-state index in [9.17, 15) is 5.11 Å². The molecule has 0 aliphatic carbocycles. The first-order chi connectivity index (χ1) is 7.83. The van der Waals surface area contributed by atoms with Crippen molar-refractivity contribution in [3.63, 3.8) is 0 Å². The van der Waals surface area contributed by atoms with Gasteiger partial charge in [-0.25, -0.2) is 0 Å². The minimum atomic E-state index is -0.357. The lowest BCUT2D eigenvalue weighted by atomic mass is 10.0. The van der Waals surface area contributed by atoms with Gasteiger partial charge in [-0.2, -0.15) is 0 Å². The van der Waals surface area contributed by atoms with Gasteiger partial charge in [0.2, 0.25) is 0 Å². The Kier molecular flexibility index (Phi) is 8.65. The molecular weight excluding hydrogens is 275 g/mol. The number of nitrogens with zero attached hydrogens (tertiary/aromatic N) is 1. The van der Waals surface area contributed by atoms with Crippen molar-refractivity contribution in [2.24, 2.45) is 0 Å². The summed E-state index contributed by atoms with van der Waals surface area (Å²) in [6.45, 7) is 5.88. The molecule has 0 saturated carbocycles. The molecule has 2 heterocycles. The summed E-state index contributed by atoms with van der Waals surface area (Å²) in [7, 11) is 0. The number of nitrogens with one attached hydrogen (secondary N) is 1. The second-order valence-corrected chi connectivity index (χ2v) is 4.22. The maximum absolute atomic E-state index is 10.1. The molecule has 1 aromatic rings. The molecule has 1 fully saturated rings. The number of hydrogen-bond donors (Lipinski definition) is 2. The van der Waals surface area contributed by atoms with Gasteiger partial charge in [-0.1, -0.05) is 6.92 Å². The van der Waals surface area contributed by atoms with E-state index in [1.54, 1.807) is 6.26 Å². The fourth-order valence-electron chi connectivity index (χ4n) is 2.26. The number of piperazine rings is 1. The average molecular weight is 297 g/mol. The molecule has 18 heavy (non-hydrogen) atoms. The average Bonchev–Trinajstić information content (AvgIpc) is 2.84. The van der Waals surface area contributed by atoms with Crippen LogP contribution in [0.25, 0.3) is 0 Å². The van der Waals surface area contributed by atoms with Crippen LogP contribution in [0.3, 0.4) is 0 Å². The zero-order chi connectivity index (χ0) is 11.4. The van der Waals surface area contributed by atoms with Crippen molar-refractivity contribution in [1.29, 1.82) is 0 Å². The second kappa shape index (κ2) is 8.77. The number of aliphatic hydroxyl groups excluding tert-OH is 1. The van der Waals surface area contributed by atoms with Crippen LogP contribution in [0.4, 0.5) is 0 Å². The third kappa shape index (κ3) is 4.14. The number of rotatable bonds is 4. The molecule has 2 rings (SSSR count). The van der Waals surface area contributed by atoms with Crippen molar-refractivity contribution < 1.29 is 9.52 Å². The lowest BCUT2D eigenvalue weighted by molar-refractivity contribution is 0.0276. The first-order valence-corrected chi connectivity index (χ1v) is 5.99. The van der Waals surface area contributed by atoms with Gasteiger partial charge in [-0.05, 0) is 18.6 Å². The van der Waals surface area contributed by atoms with Crippen LogP contribution in [0.5, 0.6) is 0 Å². The third-order valence-corrected chi connectivity index (χ3v) is 3.16. The molecule has 1 aromatic heterocycles. The molecule has 1 saturated heterocycles. The maximum atomic E-state index is 10.1. The van der Waals surface area contributed by atoms with Gasteiger partial charge in [-0.15, -0.1) is 24.8 Å². The summed E-state index contributed by atoms with van der Waals surface area (Å²) in [5.74, 6) is 0.872. The van der Waals surface area contributed by atoms with Crippen LogP contribution < -0.4 is 5.32 Å². The summed E-state index contributed by atoms with van der Waals surface area (Å²) in [4.78, 5) is 2.30. The van der Waals surface area contributed by atoms with E-state index in [1.807, 2.05) is 19.1 Å². The molecule has 4 nitrogen and oxygen atoms in total. The SMILES string of the molecule is CC[C@H](O)C(c1ccco1)N1CCNCC1.Cl.Cl. The van der Waals surface area contributed by atoms with E-state index in [-0.39, 0.29) is 37.0 Å². The first-order valence-electron chi connectivity index (χ1n) is 5.99. The molecule has 6 heteroatoms. The summed E-state index contributed by atoms with van der Waals surface area (Å²) in [6, 6.07) is 3.83. The van der Waals surface area contributed by atoms with Gasteiger partial charge in [-0.3, -0.25) is 4.90 Å². The van der Waals surface area contributed by atoms with Crippen LogP contribution in [-0.2, 0) is 0 Å². The lowest BCUT2D eigenvalue weighted by Gasteiger charge is -2.36. The highest BCUT2D eigenvalue weighted by molar-refractivity contribution is 5.85. The fourth-order valence-corrected chi connectivity index (χ4v) is 2.26. The second-order valence-electron chi connectivity index (χ2n) is 4.22. The van der Waals surface area contributed by atoms with Crippen LogP contribution in [0.15, 0.2) is 22.8 Å². The molecule has 1 unspecified atom stereocenters. The highest BCUT2D eigenvalue weighted by Crippen LogP contribution is 2.26. The predicted octanol–water partition coefficient (Wildman–Crippen LogP) is 1.84. The van der Waals surface area contributed by atoms with E-state index in [0.717, 1.165) is 38.4 Å². The van der Waals surface area contributed by atoms with Crippen molar-refractivity contribution in [2.45, 2.75) is 25.5 Å². The van der Waals surface area contributed by atoms with Gasteiger partial charge in [0, 0.05) is 26.2 Å². The highest BCUT2D eigenvalue weighted by atomic mass is 35.5. The summed E-state index contributed by atoms with van der Waals surface area (Å²) < 4.78 is 5.45. The number of furan rings is 1. The normalized spacial score (nSPS) is 19.4. The Morgan fingerprint density at radius 3 is 2.56 bits per heavy atom. The Morgan fingerprint density at radius 2 is 2.06 bits per heavy atom. The summed E-state index contributed by atoms with van der Waals surface area (Å²) in [5.41, 5.74) is 0. The number of aliphatic hydroxyl groups is 1. The minimum absolute atomic E-state index is 0. The number of halogens is 2. The Bertz CT molecular complexity index is 303. The molecule has 0 bridgehead atoms. The van der Waals surface area contributed by atoms with Gasteiger partial charge >= 0.3 is 0 Å². The third-order valence-electron chi connectivity index (χ3n) is 3.16. The quantitative estimate of drug-likeness (QED) is 0.890. The number of hydrogen-bond acceptors (Lipinski definition) is 4. The van der Waals surface area contributed by atoms with E-state index in [2.05, 4.69) is 10.2 Å². The summed E-state index contributed by atoms with van der Waals surface area (Å²) in [6.07, 6.45) is 2.06. The molecular formula is C12H22Cl2N2O2. The molecule has 2 N–H and O–H groups in total. The molecule has 0 radical (unpaired) electrons. The Hall–Kier alpha value is -0.260. The Balaban J connectivity index is 0.00000144. The fraction of sp³-hybridized carbons (Fsp3) is 0.667. The van der Waals surface area contributed by atoms with Crippen molar-refractivity contribution in [2.75, 3.05) is 26.2 Å². The maximum Gasteiger partial charge on any atom is 0.123 e. The van der Waals surface area contributed by atoms with Gasteiger partial charge < -0.3 is 14.8 Å². The summed E-state index contributed by atoms with van der Waals surface area (Å²) >= 11 is 0. The van der Waals surface area contributed by atoms with Gasteiger partial charge in [0.05, 0.1) is 18.4 Å². The topological polar surface area (TPSA) is 48.6 Å². The standard InChI is InChI=1S/C12H20N2O2.2ClH/c1-2-10(15)12(11-4-3-9-16-11)14-7-5-13-6-8-14;;/h3-4,9-10,12-13,15H,2,5-8H2,1H3;2*1H/t10-,12?;;/m0../s1. The van der Waals surface area contributed by atoms with Crippen LogP contribution in [-0.4, -0.2) is 42.3 Å². The largest absolute Gasteiger partial charge is 0.468 e. The van der Waals surface area contributed by atoms with E-state index < -0.39 is 0 Å². The molecule has 106 valence electrons. The van der Waals surface area contributed by atoms with E-state index >= 15 is 0 Å². The minimum Gasteiger partial charge on any atom is -0.468 e. The van der Waals surface area contributed by atoms with Gasteiger partial charge in [0.25, 0.3) is 0 Å². The van der Waals surface area contributed by atoms with Crippen molar-refractivity contribution in [1.82, 2.24) is 10.2 Å². The van der Waals surface area contributed by atoms with Crippen molar-refractivity contribution in [3.8, 4) is 0 Å². The Labute approximate surface area is 121 Å². The summed E-state index contributed by atoms with van der Waals surface area (Å²) in [5, 5.41) is 13.4. The predicted molar refractivity (Wildman–Crippen MR) is 76.7 cm³/mol. The van der Waals surface area contributed by atoms with E-state index in [0.29, 0.717) is 0 Å². The monoisotopic (exact) mass is 296 g/mol. The zero-order valence-electron chi connectivity index (χ0n) is 10.5. The van der Waals surface area contributed by atoms with Crippen LogP contribution in [0, 0.1) is 0 Å². The molecule has 0 amide bonds. The van der Waals surface area contributed by atoms with E-state index in [4.69, 9.17) is 4.42 Å². The van der Waals surface area contributed by atoms with Crippen LogP contribution >= 0.6 is 24.8 Å². The molecule has 2 atom stereocenters. The zero-order valence-corrected chi connectivity index (χ0v) is 12.2. The molecule has 1 aliphatic rings. The van der Waals surface area contributed by atoms with E-state index in [1.165, 1.54) is 0 Å². The molecule has 0 aromatic carbocycles. The van der Waals surface area contributed by atoms with Gasteiger partial charge in [0.15, 0.2) is 0 Å². The molecule has 1 aliphatic heterocycles. The van der Waals surface area contributed by atoms with Crippen LogP contribution in [0.2, 0.25) is 0 Å². The van der Waals surface area contributed by atoms with Crippen molar-refractivity contribution in [3.05, 3.63) is 24.2 Å². The smallest absolute Gasteiger partial charge is 0.123 e. The van der Waals surface area contributed by atoms with Crippen LogP contribution in [0.1, 0.15) is 25.1 Å². The molecule has 0 spiro atoms. The van der Waals surface area contributed by atoms with Gasteiger partial charge in [0.1, 0.15) is 5.76 Å².